The number of aromatic nitrogens is 4. The third kappa shape index (κ3) is 4.07. The molecule has 0 radical (unpaired) electrons. The van der Waals surface area contributed by atoms with E-state index in [0.717, 1.165) is 5.56 Å². The zero-order chi connectivity index (χ0) is 19.6. The zero-order valence-electron chi connectivity index (χ0n) is 14.2. The summed E-state index contributed by atoms with van der Waals surface area (Å²) in [6, 6.07) is 6.28. The van der Waals surface area contributed by atoms with Crippen LogP contribution in [0.5, 0.6) is 5.75 Å². The second kappa shape index (κ2) is 7.09. The molecule has 1 amide bonds. The van der Waals surface area contributed by atoms with Gasteiger partial charge in [0.05, 0.1) is 16.8 Å². The molecule has 3 rings (SSSR count). The van der Waals surface area contributed by atoms with Gasteiger partial charge in [0.25, 0.3) is 5.91 Å². The van der Waals surface area contributed by atoms with Crippen LogP contribution in [0.15, 0.2) is 28.8 Å². The van der Waals surface area contributed by atoms with Gasteiger partial charge in [-0.2, -0.15) is 18.2 Å². The minimum Gasteiger partial charge on any atom is -0.488 e. The van der Waals surface area contributed by atoms with Crippen molar-refractivity contribution < 1.29 is 27.2 Å². The van der Waals surface area contributed by atoms with Crippen molar-refractivity contribution in [3.8, 4) is 5.75 Å². The number of ether oxygens (including phenoxy) is 1. The van der Waals surface area contributed by atoms with E-state index in [-0.39, 0.29) is 17.9 Å². The lowest BCUT2D eigenvalue weighted by Gasteiger charge is -2.10. The molecular weight excluding hydrogens is 367 g/mol. The summed E-state index contributed by atoms with van der Waals surface area (Å²) in [7, 11) is 0. The molecule has 142 valence electrons. The van der Waals surface area contributed by atoms with E-state index in [2.05, 4.69) is 20.6 Å². The first-order valence-electron chi connectivity index (χ1n) is 7.70. The van der Waals surface area contributed by atoms with Crippen LogP contribution in [-0.4, -0.2) is 26.2 Å². The lowest BCUT2D eigenvalue weighted by Crippen LogP contribution is -2.15. The molecule has 0 atom stereocenters. The Hall–Kier alpha value is -3.37. The molecule has 11 heteroatoms. The Morgan fingerprint density at radius 1 is 1.30 bits per heavy atom. The van der Waals surface area contributed by atoms with Crippen LogP contribution < -0.4 is 10.1 Å². The van der Waals surface area contributed by atoms with E-state index in [4.69, 9.17) is 9.26 Å². The molecule has 0 fully saturated rings. The highest BCUT2D eigenvalue weighted by Crippen LogP contribution is 2.27. The summed E-state index contributed by atoms with van der Waals surface area (Å²) in [5.41, 5.74) is 1.52. The molecular formula is C16H14F3N5O3. The number of nitrogens with zero attached hydrogens (tertiary/aromatic N) is 3. The Balaban J connectivity index is 1.75. The summed E-state index contributed by atoms with van der Waals surface area (Å²) in [6.07, 6.45) is -4.69. The molecule has 0 unspecified atom stereocenters. The monoisotopic (exact) mass is 381 g/mol. The molecule has 0 bridgehead atoms. The van der Waals surface area contributed by atoms with E-state index in [1.54, 1.807) is 37.1 Å². The van der Waals surface area contributed by atoms with Crippen molar-refractivity contribution in [1.29, 1.82) is 0 Å². The number of nitrogens with one attached hydrogen (secondary N) is 2. The molecule has 3 aromatic rings. The Labute approximate surface area is 150 Å². The molecule has 27 heavy (non-hydrogen) atoms. The molecule has 0 aliphatic rings. The van der Waals surface area contributed by atoms with Crippen LogP contribution >= 0.6 is 0 Å². The molecule has 0 spiro atoms. The predicted octanol–water partition coefficient (Wildman–Crippen LogP) is 3.26. The number of carbonyl (C=O) groups excluding carboxylic acids is 1. The fourth-order valence-corrected chi connectivity index (χ4v) is 2.25. The number of aromatic amines is 1. The van der Waals surface area contributed by atoms with Crippen LogP contribution in [0.4, 0.5) is 19.1 Å². The van der Waals surface area contributed by atoms with E-state index >= 15 is 0 Å². The first kappa shape index (κ1) is 18.4. The van der Waals surface area contributed by atoms with Crippen molar-refractivity contribution in [2.45, 2.75) is 26.6 Å². The van der Waals surface area contributed by atoms with Crippen molar-refractivity contribution >= 4 is 11.9 Å². The van der Waals surface area contributed by atoms with Gasteiger partial charge in [0.1, 0.15) is 18.1 Å². The SMILES string of the molecule is Cc1noc(C)c1COc1ccccc1C(=O)Nc1n[nH]c(C(F)(F)F)n1. The Kier molecular flexibility index (Phi) is 4.84. The van der Waals surface area contributed by atoms with E-state index in [1.807, 2.05) is 0 Å². The van der Waals surface area contributed by atoms with Crippen LogP contribution in [-0.2, 0) is 12.8 Å². The number of hydrogen-bond acceptors (Lipinski definition) is 6. The van der Waals surface area contributed by atoms with Gasteiger partial charge in [0.15, 0.2) is 0 Å². The van der Waals surface area contributed by atoms with Crippen LogP contribution in [0.1, 0.15) is 33.2 Å². The number of carbonyl (C=O) groups is 1. The van der Waals surface area contributed by atoms with Gasteiger partial charge in [-0.15, -0.1) is 5.10 Å². The quantitative estimate of drug-likeness (QED) is 0.703. The third-order valence-electron chi connectivity index (χ3n) is 3.66. The van der Waals surface area contributed by atoms with Gasteiger partial charge in [-0.3, -0.25) is 15.2 Å². The standard InChI is InChI=1S/C16H14F3N5O3/c1-8-11(9(2)27-24-8)7-26-12-6-4-3-5-10(12)13(25)20-15-21-14(22-23-15)16(17,18)19/h3-6H,7H2,1-2H3,(H2,20,21,22,23,25). The summed E-state index contributed by atoms with van der Waals surface area (Å²) in [5, 5.41) is 11.1. The number of aryl methyl sites for hydroxylation is 2. The highest BCUT2D eigenvalue weighted by molar-refractivity contribution is 6.05. The highest BCUT2D eigenvalue weighted by atomic mass is 19.4. The second-order valence-electron chi connectivity index (χ2n) is 5.55. The molecule has 8 nitrogen and oxygen atoms in total. The summed E-state index contributed by atoms with van der Waals surface area (Å²) in [6.45, 7) is 3.61. The van der Waals surface area contributed by atoms with Gasteiger partial charge in [-0.05, 0) is 26.0 Å². The van der Waals surface area contributed by atoms with Crippen LogP contribution in [0.2, 0.25) is 0 Å². The number of rotatable bonds is 5. The van der Waals surface area contributed by atoms with Gasteiger partial charge in [0.2, 0.25) is 11.8 Å². The Bertz CT molecular complexity index is 945. The third-order valence-corrected chi connectivity index (χ3v) is 3.66. The maximum absolute atomic E-state index is 12.5. The smallest absolute Gasteiger partial charge is 0.451 e. The summed E-state index contributed by atoms with van der Waals surface area (Å²) < 4.78 is 48.4. The molecule has 0 saturated heterocycles. The van der Waals surface area contributed by atoms with Crippen LogP contribution in [0.25, 0.3) is 0 Å². The number of benzene rings is 1. The zero-order valence-corrected chi connectivity index (χ0v) is 14.2. The fraction of sp³-hybridized carbons (Fsp3) is 0.250. The van der Waals surface area contributed by atoms with Gasteiger partial charge >= 0.3 is 6.18 Å². The summed E-state index contributed by atoms with van der Waals surface area (Å²) >= 11 is 0. The van der Waals surface area contributed by atoms with E-state index < -0.39 is 23.9 Å². The Morgan fingerprint density at radius 3 is 2.67 bits per heavy atom. The average Bonchev–Trinajstić information content (AvgIpc) is 3.20. The fourth-order valence-electron chi connectivity index (χ4n) is 2.25. The molecule has 0 aliphatic heterocycles. The molecule has 2 aromatic heterocycles. The number of H-pyrrole nitrogens is 1. The normalized spacial score (nSPS) is 11.4. The second-order valence-corrected chi connectivity index (χ2v) is 5.55. The van der Waals surface area contributed by atoms with Gasteiger partial charge in [-0.25, -0.2) is 0 Å². The number of alkyl halides is 3. The number of anilines is 1. The van der Waals surface area contributed by atoms with Gasteiger partial charge in [-0.1, -0.05) is 17.3 Å². The Morgan fingerprint density at radius 2 is 2.04 bits per heavy atom. The van der Waals surface area contributed by atoms with E-state index in [0.29, 0.717) is 11.5 Å². The van der Waals surface area contributed by atoms with Gasteiger partial charge in [0, 0.05) is 0 Å². The number of amides is 1. The maximum Gasteiger partial charge on any atom is 0.451 e. The summed E-state index contributed by atoms with van der Waals surface area (Å²) in [4.78, 5) is 15.6. The molecule has 2 N–H and O–H groups in total. The molecule has 2 heterocycles. The van der Waals surface area contributed by atoms with Crippen LogP contribution in [0, 0.1) is 13.8 Å². The average molecular weight is 381 g/mol. The number of hydrogen-bond donors (Lipinski definition) is 2. The van der Waals surface area contributed by atoms with E-state index in [9.17, 15) is 18.0 Å². The van der Waals surface area contributed by atoms with Crippen LogP contribution in [0.3, 0.4) is 0 Å². The van der Waals surface area contributed by atoms with Crippen molar-refractivity contribution in [1.82, 2.24) is 20.3 Å². The minimum absolute atomic E-state index is 0.114. The van der Waals surface area contributed by atoms with E-state index in [1.165, 1.54) is 6.07 Å². The van der Waals surface area contributed by atoms with Crippen molar-refractivity contribution in [2.75, 3.05) is 5.32 Å². The predicted molar refractivity (Wildman–Crippen MR) is 86.1 cm³/mol. The molecule has 0 aliphatic carbocycles. The first-order valence-corrected chi connectivity index (χ1v) is 7.70. The number of halogens is 3. The van der Waals surface area contributed by atoms with Crippen molar-refractivity contribution in [3.05, 3.63) is 52.7 Å². The summed E-state index contributed by atoms with van der Waals surface area (Å²) in [5.74, 6) is -1.68. The first-order chi connectivity index (χ1) is 12.8. The molecule has 0 saturated carbocycles. The van der Waals surface area contributed by atoms with Crippen molar-refractivity contribution in [3.63, 3.8) is 0 Å². The highest BCUT2D eigenvalue weighted by Gasteiger charge is 2.35. The lowest BCUT2D eigenvalue weighted by molar-refractivity contribution is -0.144. The molecule has 1 aromatic carbocycles. The topological polar surface area (TPSA) is 106 Å². The maximum atomic E-state index is 12.5. The van der Waals surface area contributed by atoms with Gasteiger partial charge < -0.3 is 9.26 Å². The van der Waals surface area contributed by atoms with Crippen molar-refractivity contribution in [2.24, 2.45) is 0 Å². The largest absolute Gasteiger partial charge is 0.488 e. The minimum atomic E-state index is -4.69. The number of para-hydroxylation sites is 1. The lowest BCUT2D eigenvalue weighted by atomic mass is 10.2.